The van der Waals surface area contributed by atoms with Crippen LogP contribution in [0.1, 0.15) is 83.8 Å². The molecular weight excluding hydrogens is 1010 g/mol. The van der Waals surface area contributed by atoms with Gasteiger partial charge in [-0.2, -0.15) is 0 Å². The summed E-state index contributed by atoms with van der Waals surface area (Å²) < 4.78 is 0. The number of benzene rings is 1. The fourth-order valence-electron chi connectivity index (χ4n) is 8.25. The molecule has 0 bridgehead atoms. The molecule has 432 valence electrons. The lowest BCUT2D eigenvalue weighted by Crippen LogP contribution is -2.61. The molecule has 1 aliphatic rings. The number of nitrogens with zero attached hydrogens (tertiary/aromatic N) is 1. The molecule has 0 saturated carbocycles. The molecule has 1 aromatic heterocycles. The standard InChI is InChI=1S/C51H81N15O12/c1-28(2)24-38-48(75)58-33(13-8-18-52)43(70)60-36(16-21-55)47(74)66-41(29(3)67)50(77)57-23-17-37(46(73)59-34(14-19-53)45(72)64-39(49(76)63-38)25-31-10-6-5-7-11-31)61-44(71)35(15-20-54)62-51(78)42(30(4)68)65-40(69)26-32-12-9-22-56-27-32/h5-7,9-12,22,27-30,33-39,41-42,67-68H,8,13-21,23-26,52-55H2,1-4H3,(H,57,77)(H,58,75)(H,59,73)(H,60,70)(H,61,71)(H,62,78)(H,63,76)(H,64,72)(H,65,69)(H,66,74)/t29?,30?,33-,34-,35-,36-,37-,38-,39+,41-,42-/m0/s1. The zero-order chi connectivity index (χ0) is 57.9. The zero-order valence-corrected chi connectivity index (χ0v) is 44.8. The van der Waals surface area contributed by atoms with E-state index in [1.54, 1.807) is 56.3 Å². The summed E-state index contributed by atoms with van der Waals surface area (Å²) in [7, 11) is 0. The number of nitrogens with two attached hydrogens (primary N) is 4. The molecular formula is C51H81N15O12. The molecule has 0 aliphatic carbocycles. The highest BCUT2D eigenvalue weighted by atomic mass is 16.3. The molecule has 10 amide bonds. The van der Waals surface area contributed by atoms with Gasteiger partial charge < -0.3 is 86.3 Å². The van der Waals surface area contributed by atoms with Crippen LogP contribution in [0.5, 0.6) is 0 Å². The average Bonchev–Trinajstić information content (AvgIpc) is 3.39. The summed E-state index contributed by atoms with van der Waals surface area (Å²) in [4.78, 5) is 144. The van der Waals surface area contributed by atoms with Gasteiger partial charge in [0, 0.05) is 25.4 Å². The molecule has 1 aromatic carbocycles. The summed E-state index contributed by atoms with van der Waals surface area (Å²) in [5.41, 5.74) is 24.6. The highest BCUT2D eigenvalue weighted by Crippen LogP contribution is 2.12. The third-order valence-electron chi connectivity index (χ3n) is 12.4. The van der Waals surface area contributed by atoms with E-state index >= 15 is 0 Å². The van der Waals surface area contributed by atoms with Crippen LogP contribution in [0.15, 0.2) is 54.9 Å². The Morgan fingerprint density at radius 1 is 0.628 bits per heavy atom. The van der Waals surface area contributed by atoms with Gasteiger partial charge in [-0.3, -0.25) is 52.9 Å². The van der Waals surface area contributed by atoms with Crippen molar-refractivity contribution in [1.29, 1.82) is 0 Å². The van der Waals surface area contributed by atoms with Crippen LogP contribution in [-0.4, -0.2) is 174 Å². The normalized spacial score (nSPS) is 23.1. The number of aliphatic hydroxyl groups excluding tert-OH is 2. The van der Waals surface area contributed by atoms with Crippen LogP contribution < -0.4 is 76.1 Å². The molecule has 2 heterocycles. The topological polar surface area (TPSA) is 448 Å². The molecule has 1 saturated heterocycles. The molecule has 27 nitrogen and oxygen atoms in total. The smallest absolute Gasteiger partial charge is 0.245 e. The number of amides is 10. The second-order valence-electron chi connectivity index (χ2n) is 19.5. The number of rotatable bonds is 22. The minimum absolute atomic E-state index is 0.00779. The third kappa shape index (κ3) is 22.1. The van der Waals surface area contributed by atoms with Crippen molar-refractivity contribution in [2.45, 2.75) is 152 Å². The lowest BCUT2D eigenvalue weighted by molar-refractivity contribution is -0.136. The molecule has 1 aliphatic heterocycles. The molecule has 0 spiro atoms. The van der Waals surface area contributed by atoms with Crippen LogP contribution in [0.2, 0.25) is 0 Å². The van der Waals surface area contributed by atoms with Crippen LogP contribution in [0, 0.1) is 5.92 Å². The van der Waals surface area contributed by atoms with Gasteiger partial charge in [-0.05, 0) is 108 Å². The first-order valence-corrected chi connectivity index (χ1v) is 26.2. The molecule has 20 N–H and O–H groups in total. The number of aliphatic hydroxyl groups is 2. The number of aromatic nitrogens is 1. The van der Waals surface area contributed by atoms with Gasteiger partial charge in [0.05, 0.1) is 18.6 Å². The summed E-state index contributed by atoms with van der Waals surface area (Å²) in [6.45, 7) is 5.25. The fraction of sp³-hybridized carbons (Fsp3) is 0.588. The maximum atomic E-state index is 14.4. The predicted octanol–water partition coefficient (Wildman–Crippen LogP) is -5.66. The average molecular weight is 1100 g/mol. The van der Waals surface area contributed by atoms with Gasteiger partial charge in [-0.1, -0.05) is 50.2 Å². The molecule has 0 radical (unpaired) electrons. The monoisotopic (exact) mass is 1100 g/mol. The summed E-state index contributed by atoms with van der Waals surface area (Å²) in [5.74, 6) is -9.01. The number of carbonyl (C=O) groups is 10. The van der Waals surface area contributed by atoms with E-state index in [1.165, 1.54) is 26.2 Å². The Kier molecular flexibility index (Phi) is 28.3. The minimum atomic E-state index is -1.66. The second kappa shape index (κ2) is 33.9. The van der Waals surface area contributed by atoms with E-state index in [0.29, 0.717) is 11.1 Å². The van der Waals surface area contributed by atoms with E-state index in [4.69, 9.17) is 22.9 Å². The van der Waals surface area contributed by atoms with Gasteiger partial charge in [0.25, 0.3) is 0 Å². The van der Waals surface area contributed by atoms with Crippen LogP contribution >= 0.6 is 0 Å². The first-order valence-electron chi connectivity index (χ1n) is 26.2. The quantitative estimate of drug-likeness (QED) is 0.0523. The van der Waals surface area contributed by atoms with Crippen molar-refractivity contribution in [2.75, 3.05) is 32.7 Å². The molecule has 27 heteroatoms. The SMILES string of the molecule is CC(C)C[C@@H]1NC(=O)[C@@H](Cc2ccccc2)NC(=O)[C@H](CCN)NC(=O)[C@@H](NC(=O)[C@H](CCN)NC(=O)[C@@H](NC(=O)Cc2cccnc2)C(C)O)CCNC(=O)[C@H](C(C)O)NC(=O)[C@H](CCN)NC(=O)[C@H](CCCN)NC1=O. The summed E-state index contributed by atoms with van der Waals surface area (Å²) in [6.07, 6.45) is -1.05. The molecule has 78 heavy (non-hydrogen) atoms. The van der Waals surface area contributed by atoms with E-state index in [9.17, 15) is 58.2 Å². The van der Waals surface area contributed by atoms with Crippen molar-refractivity contribution >= 4 is 59.1 Å². The summed E-state index contributed by atoms with van der Waals surface area (Å²) in [5, 5.41) is 46.9. The number of carbonyl (C=O) groups excluding carboxylic acids is 10. The van der Waals surface area contributed by atoms with Crippen molar-refractivity contribution in [3.8, 4) is 0 Å². The van der Waals surface area contributed by atoms with E-state index in [1.807, 2.05) is 0 Å². The maximum absolute atomic E-state index is 14.4. The van der Waals surface area contributed by atoms with Crippen LogP contribution in [0.25, 0.3) is 0 Å². The second-order valence-corrected chi connectivity index (χ2v) is 19.5. The van der Waals surface area contributed by atoms with Gasteiger partial charge in [-0.15, -0.1) is 0 Å². The van der Waals surface area contributed by atoms with Crippen molar-refractivity contribution in [3.05, 3.63) is 66.0 Å². The molecule has 1 fully saturated rings. The number of hydrogen-bond donors (Lipinski definition) is 16. The lowest BCUT2D eigenvalue weighted by atomic mass is 10.00. The minimum Gasteiger partial charge on any atom is -0.391 e. The first-order chi connectivity index (χ1) is 37.1. The van der Waals surface area contributed by atoms with E-state index in [0.717, 1.165) is 0 Å². The van der Waals surface area contributed by atoms with E-state index in [-0.39, 0.29) is 83.5 Å². The molecule has 11 atom stereocenters. The largest absolute Gasteiger partial charge is 0.391 e. The molecule has 2 unspecified atom stereocenters. The van der Waals surface area contributed by atoms with E-state index < -0.39 is 139 Å². The number of nitrogens with one attached hydrogen (secondary N) is 10. The van der Waals surface area contributed by atoms with Crippen LogP contribution in [0.4, 0.5) is 0 Å². The predicted molar refractivity (Wildman–Crippen MR) is 285 cm³/mol. The fourth-order valence-corrected chi connectivity index (χ4v) is 8.25. The van der Waals surface area contributed by atoms with E-state index in [2.05, 4.69) is 58.2 Å². The molecule has 3 rings (SSSR count). The molecule has 2 aromatic rings. The zero-order valence-electron chi connectivity index (χ0n) is 44.8. The Morgan fingerprint density at radius 3 is 1.73 bits per heavy atom. The lowest BCUT2D eigenvalue weighted by Gasteiger charge is -2.28. The van der Waals surface area contributed by atoms with Gasteiger partial charge in [0.1, 0.15) is 54.4 Å². The Morgan fingerprint density at radius 2 is 1.18 bits per heavy atom. The van der Waals surface area contributed by atoms with Gasteiger partial charge in [0.15, 0.2) is 0 Å². The Balaban J connectivity index is 2.11. The maximum Gasteiger partial charge on any atom is 0.245 e. The van der Waals surface area contributed by atoms with Crippen molar-refractivity contribution in [1.82, 2.24) is 58.2 Å². The van der Waals surface area contributed by atoms with Gasteiger partial charge >= 0.3 is 0 Å². The highest BCUT2D eigenvalue weighted by Gasteiger charge is 2.37. The Labute approximate surface area is 453 Å². The van der Waals surface area contributed by atoms with Crippen LogP contribution in [-0.2, 0) is 60.8 Å². The van der Waals surface area contributed by atoms with Crippen molar-refractivity contribution in [3.63, 3.8) is 0 Å². The van der Waals surface area contributed by atoms with Gasteiger partial charge in [-0.25, -0.2) is 0 Å². The Hall–Kier alpha value is -7.17. The third-order valence-corrected chi connectivity index (χ3v) is 12.4. The summed E-state index contributed by atoms with van der Waals surface area (Å²) >= 11 is 0. The number of pyridine rings is 1. The van der Waals surface area contributed by atoms with Gasteiger partial charge in [0.2, 0.25) is 59.1 Å². The van der Waals surface area contributed by atoms with Crippen molar-refractivity contribution in [2.24, 2.45) is 28.9 Å². The number of hydrogen-bond acceptors (Lipinski definition) is 17. The Bertz CT molecular complexity index is 2300. The van der Waals surface area contributed by atoms with Crippen molar-refractivity contribution < 1.29 is 58.2 Å². The highest BCUT2D eigenvalue weighted by molar-refractivity contribution is 5.99. The first kappa shape index (κ1) is 65.1. The van der Waals surface area contributed by atoms with Crippen LogP contribution in [0.3, 0.4) is 0 Å². The summed E-state index contributed by atoms with van der Waals surface area (Å²) in [6, 6.07) is -1.32.